The lowest BCUT2D eigenvalue weighted by Gasteiger charge is -2.44. The van der Waals surface area contributed by atoms with Crippen LogP contribution in [0.3, 0.4) is 0 Å². The Hall–Kier alpha value is -2.18. The van der Waals surface area contributed by atoms with Crippen molar-refractivity contribution in [1.29, 1.82) is 0 Å². The predicted octanol–water partition coefficient (Wildman–Crippen LogP) is 1.24. The summed E-state index contributed by atoms with van der Waals surface area (Å²) < 4.78 is 27.8. The molecule has 1 aliphatic rings. The van der Waals surface area contributed by atoms with Crippen LogP contribution in [-0.4, -0.2) is 47.3 Å². The third-order valence-corrected chi connectivity index (χ3v) is 3.78. The van der Waals surface area contributed by atoms with E-state index in [0.29, 0.717) is 6.54 Å². The highest BCUT2D eigenvalue weighted by molar-refractivity contribution is 6.00. The van der Waals surface area contributed by atoms with Gasteiger partial charge in [0, 0.05) is 20.1 Å². The number of halogens is 2. The molecule has 114 valence electrons. The summed E-state index contributed by atoms with van der Waals surface area (Å²) >= 11 is 0. The van der Waals surface area contributed by atoms with E-state index in [1.54, 1.807) is 20.9 Å². The number of piperazine rings is 1. The topological polar surface area (TPSA) is 66.6 Å². The summed E-state index contributed by atoms with van der Waals surface area (Å²) in [5.41, 5.74) is 3.18. The van der Waals surface area contributed by atoms with Gasteiger partial charge in [-0.15, -0.1) is 0 Å². The van der Waals surface area contributed by atoms with Gasteiger partial charge in [-0.1, -0.05) is 0 Å². The molecule has 0 aromatic heterocycles. The van der Waals surface area contributed by atoms with Crippen LogP contribution in [0.15, 0.2) is 12.1 Å². The first kappa shape index (κ1) is 15.2. The summed E-state index contributed by atoms with van der Waals surface area (Å²) in [5.74, 6) is -3.24. The average Bonchev–Trinajstić information content (AvgIpc) is 2.41. The largest absolute Gasteiger partial charge is 0.396 e. The Bertz CT molecular complexity index is 616. The molecular weight excluding hydrogens is 280 g/mol. The van der Waals surface area contributed by atoms with Gasteiger partial charge in [-0.05, 0) is 26.0 Å². The third kappa shape index (κ3) is 2.32. The van der Waals surface area contributed by atoms with Crippen molar-refractivity contribution < 1.29 is 18.4 Å². The zero-order valence-corrected chi connectivity index (χ0v) is 12.1. The molecule has 0 radical (unpaired) electrons. The summed E-state index contributed by atoms with van der Waals surface area (Å²) in [4.78, 5) is 27.3. The van der Waals surface area contributed by atoms with E-state index in [1.807, 2.05) is 0 Å². The van der Waals surface area contributed by atoms with Gasteiger partial charge >= 0.3 is 0 Å². The van der Waals surface area contributed by atoms with Crippen LogP contribution in [0.25, 0.3) is 0 Å². The number of carbonyl (C=O) groups excluding carboxylic acids is 2. The van der Waals surface area contributed by atoms with E-state index in [2.05, 4.69) is 0 Å². The van der Waals surface area contributed by atoms with Crippen molar-refractivity contribution in [1.82, 2.24) is 9.80 Å². The van der Waals surface area contributed by atoms with E-state index >= 15 is 0 Å². The summed E-state index contributed by atoms with van der Waals surface area (Å²) in [6.45, 7) is 3.59. The fourth-order valence-electron chi connectivity index (χ4n) is 2.47. The number of carbonyl (C=O) groups is 2. The molecule has 1 aliphatic heterocycles. The lowest BCUT2D eigenvalue weighted by molar-refractivity contribution is -0.144. The predicted molar refractivity (Wildman–Crippen MR) is 73.5 cm³/mol. The first-order valence-electron chi connectivity index (χ1n) is 6.49. The number of nitrogen functional groups attached to an aromatic ring is 1. The van der Waals surface area contributed by atoms with Gasteiger partial charge in [-0.2, -0.15) is 0 Å². The molecule has 0 spiro atoms. The number of likely N-dealkylation sites (N-methyl/N-ethyl adjacent to an activating group) is 1. The monoisotopic (exact) mass is 297 g/mol. The maximum Gasteiger partial charge on any atom is 0.260 e. The highest BCUT2D eigenvalue weighted by Gasteiger charge is 2.44. The second kappa shape index (κ2) is 4.98. The van der Waals surface area contributed by atoms with Crippen LogP contribution in [0, 0.1) is 11.6 Å². The first-order chi connectivity index (χ1) is 9.67. The van der Waals surface area contributed by atoms with Gasteiger partial charge in [-0.3, -0.25) is 9.59 Å². The van der Waals surface area contributed by atoms with E-state index in [1.165, 1.54) is 9.80 Å². The summed E-state index contributed by atoms with van der Waals surface area (Å²) in [6, 6.07) is 2.00. The minimum Gasteiger partial charge on any atom is -0.396 e. The van der Waals surface area contributed by atoms with Crippen molar-refractivity contribution in [3.63, 3.8) is 0 Å². The molecule has 0 saturated carbocycles. The fourth-order valence-corrected chi connectivity index (χ4v) is 2.47. The summed E-state index contributed by atoms with van der Waals surface area (Å²) in [7, 11) is 1.62. The van der Waals surface area contributed by atoms with Gasteiger partial charge in [0.25, 0.3) is 5.91 Å². The molecule has 2 amide bonds. The maximum atomic E-state index is 14.0. The van der Waals surface area contributed by atoms with Crippen LogP contribution in [0.4, 0.5) is 14.5 Å². The average molecular weight is 297 g/mol. The highest BCUT2D eigenvalue weighted by Crippen LogP contribution is 2.27. The van der Waals surface area contributed by atoms with Crippen LogP contribution in [-0.2, 0) is 4.79 Å². The van der Waals surface area contributed by atoms with Crippen molar-refractivity contribution in [2.45, 2.75) is 19.4 Å². The number of amides is 2. The molecule has 1 aromatic rings. The molecule has 0 aliphatic carbocycles. The minimum absolute atomic E-state index is 0.196. The van der Waals surface area contributed by atoms with Crippen LogP contribution in [0.2, 0.25) is 0 Å². The lowest BCUT2D eigenvalue weighted by Crippen LogP contribution is -2.63. The molecule has 1 aromatic carbocycles. The number of hydrogen-bond acceptors (Lipinski definition) is 3. The van der Waals surface area contributed by atoms with Crippen LogP contribution >= 0.6 is 0 Å². The van der Waals surface area contributed by atoms with Crippen LogP contribution in [0.1, 0.15) is 24.2 Å². The van der Waals surface area contributed by atoms with Crippen molar-refractivity contribution in [3.8, 4) is 0 Å². The Labute approximate surface area is 121 Å². The second-order valence-corrected chi connectivity index (χ2v) is 5.57. The van der Waals surface area contributed by atoms with Crippen molar-refractivity contribution in [2.24, 2.45) is 0 Å². The zero-order valence-electron chi connectivity index (χ0n) is 12.1. The molecule has 5 nitrogen and oxygen atoms in total. The normalized spacial score (nSPS) is 18.0. The Balaban J connectivity index is 2.46. The van der Waals surface area contributed by atoms with Gasteiger partial charge in [0.1, 0.15) is 16.9 Å². The van der Waals surface area contributed by atoms with E-state index in [9.17, 15) is 18.4 Å². The molecule has 21 heavy (non-hydrogen) atoms. The van der Waals surface area contributed by atoms with Crippen molar-refractivity contribution in [2.75, 3.05) is 25.9 Å². The molecule has 1 saturated heterocycles. The third-order valence-electron chi connectivity index (χ3n) is 3.78. The smallest absolute Gasteiger partial charge is 0.260 e. The molecule has 7 heteroatoms. The van der Waals surface area contributed by atoms with Crippen molar-refractivity contribution >= 4 is 17.5 Å². The quantitative estimate of drug-likeness (QED) is 0.793. The lowest BCUT2D eigenvalue weighted by atomic mass is 9.96. The number of nitrogens with two attached hydrogens (primary N) is 1. The van der Waals surface area contributed by atoms with E-state index < -0.39 is 28.6 Å². The van der Waals surface area contributed by atoms with Crippen LogP contribution in [0.5, 0.6) is 0 Å². The minimum atomic E-state index is -1.17. The molecule has 0 unspecified atom stereocenters. The second-order valence-electron chi connectivity index (χ2n) is 5.57. The number of anilines is 1. The molecule has 1 fully saturated rings. The SMILES string of the molecule is CN1CCN(C(=O)c2c(F)ccc(N)c2F)C(C)(C)C1=O. The zero-order chi connectivity index (χ0) is 15.9. The summed E-state index contributed by atoms with van der Waals surface area (Å²) in [5, 5.41) is 0. The molecular formula is C14H17F2N3O2. The Morgan fingerprint density at radius 1 is 1.29 bits per heavy atom. The molecule has 2 N–H and O–H groups in total. The fraction of sp³-hybridized carbons (Fsp3) is 0.429. The first-order valence-corrected chi connectivity index (χ1v) is 6.49. The number of nitrogens with zero attached hydrogens (tertiary/aromatic N) is 2. The Kier molecular flexibility index (Phi) is 3.61. The standard InChI is InChI=1S/C14H17F2N3O2/c1-14(2)13(21)18(3)6-7-19(14)12(20)10-8(15)4-5-9(17)11(10)16/h4-5H,6-7,17H2,1-3H3. The van der Waals surface area contributed by atoms with E-state index in [-0.39, 0.29) is 18.1 Å². The molecule has 0 atom stereocenters. The van der Waals surface area contributed by atoms with E-state index in [4.69, 9.17) is 5.73 Å². The van der Waals surface area contributed by atoms with Gasteiger partial charge in [0.2, 0.25) is 5.91 Å². The highest BCUT2D eigenvalue weighted by atomic mass is 19.1. The van der Waals surface area contributed by atoms with Gasteiger partial charge in [0.15, 0.2) is 5.82 Å². The Morgan fingerprint density at radius 2 is 1.90 bits per heavy atom. The Morgan fingerprint density at radius 3 is 2.52 bits per heavy atom. The number of rotatable bonds is 1. The van der Waals surface area contributed by atoms with Crippen molar-refractivity contribution in [3.05, 3.63) is 29.3 Å². The van der Waals surface area contributed by atoms with Gasteiger partial charge in [-0.25, -0.2) is 8.78 Å². The van der Waals surface area contributed by atoms with E-state index in [0.717, 1.165) is 12.1 Å². The van der Waals surface area contributed by atoms with Gasteiger partial charge < -0.3 is 15.5 Å². The molecule has 1 heterocycles. The number of hydrogen-bond donors (Lipinski definition) is 1. The maximum absolute atomic E-state index is 14.0. The summed E-state index contributed by atoms with van der Waals surface area (Å²) in [6.07, 6.45) is 0. The van der Waals surface area contributed by atoms with Crippen LogP contribution < -0.4 is 5.73 Å². The molecule has 2 rings (SSSR count). The number of benzene rings is 1. The molecule has 0 bridgehead atoms. The van der Waals surface area contributed by atoms with Gasteiger partial charge in [0.05, 0.1) is 5.69 Å².